The van der Waals surface area contributed by atoms with E-state index in [2.05, 4.69) is 19.2 Å². The third-order valence-electron chi connectivity index (χ3n) is 6.39. The summed E-state index contributed by atoms with van der Waals surface area (Å²) in [6.07, 6.45) is 26.4. The van der Waals surface area contributed by atoms with E-state index in [4.69, 9.17) is 0 Å². The van der Waals surface area contributed by atoms with Gasteiger partial charge in [-0.15, -0.1) is 0 Å². The van der Waals surface area contributed by atoms with Crippen molar-refractivity contribution in [1.29, 1.82) is 0 Å². The van der Waals surface area contributed by atoms with Crippen LogP contribution in [0.5, 0.6) is 0 Å². The zero-order chi connectivity index (χ0) is 21.5. The molecule has 0 amide bonds. The number of hydrogen-bond acceptors (Lipinski definition) is 3. The van der Waals surface area contributed by atoms with Crippen LogP contribution in [-0.2, 0) is 0 Å². The zero-order valence-electron chi connectivity index (χ0n) is 20.2. The first-order valence-corrected chi connectivity index (χ1v) is 13.2. The molecule has 0 saturated carbocycles. The van der Waals surface area contributed by atoms with Crippen molar-refractivity contribution in [2.45, 2.75) is 148 Å². The summed E-state index contributed by atoms with van der Waals surface area (Å²) in [5.41, 5.74) is -0.469. The van der Waals surface area contributed by atoms with E-state index in [0.29, 0.717) is 0 Å². The van der Waals surface area contributed by atoms with Gasteiger partial charge in [-0.2, -0.15) is 0 Å². The molecule has 0 unspecified atom stereocenters. The molecular weight excluding hydrogens is 358 g/mol. The molecule has 0 saturated heterocycles. The monoisotopic (exact) mass is 413 g/mol. The van der Waals surface area contributed by atoms with Crippen LogP contribution in [0.25, 0.3) is 0 Å². The van der Waals surface area contributed by atoms with Crippen LogP contribution in [0.1, 0.15) is 142 Å². The van der Waals surface area contributed by atoms with Crippen LogP contribution >= 0.6 is 0 Å². The van der Waals surface area contributed by atoms with Crippen molar-refractivity contribution in [3.05, 3.63) is 0 Å². The Labute approximate surface area is 183 Å². The fourth-order valence-electron chi connectivity index (χ4n) is 4.15. The predicted molar refractivity (Wildman–Crippen MR) is 129 cm³/mol. The summed E-state index contributed by atoms with van der Waals surface area (Å²) in [5.74, 6) is 0. The molecule has 3 nitrogen and oxygen atoms in total. The summed E-state index contributed by atoms with van der Waals surface area (Å²) in [7, 11) is 0. The molecule has 0 fully saturated rings. The van der Waals surface area contributed by atoms with E-state index in [1.165, 1.54) is 109 Å². The minimum Gasteiger partial charge on any atom is -0.394 e. The summed E-state index contributed by atoms with van der Waals surface area (Å²) in [4.78, 5) is 0. The number of unbranched alkanes of at least 4 members (excludes halogenated alkanes) is 17. The normalized spacial score (nSPS) is 12.0. The van der Waals surface area contributed by atoms with Crippen LogP contribution in [-0.4, -0.2) is 35.5 Å². The second-order valence-electron chi connectivity index (χ2n) is 9.28. The lowest BCUT2D eigenvalue weighted by atomic mass is 9.93. The fraction of sp³-hybridized carbons (Fsp3) is 1.00. The van der Waals surface area contributed by atoms with Gasteiger partial charge in [-0.25, -0.2) is 0 Å². The van der Waals surface area contributed by atoms with Crippen LogP contribution < -0.4 is 5.32 Å². The summed E-state index contributed by atoms with van der Waals surface area (Å²) in [6, 6.07) is 0. The molecule has 3 heteroatoms. The fourth-order valence-corrected chi connectivity index (χ4v) is 4.15. The van der Waals surface area contributed by atoms with Gasteiger partial charge in [0.1, 0.15) is 0 Å². The van der Waals surface area contributed by atoms with Gasteiger partial charge < -0.3 is 15.5 Å². The smallest absolute Gasteiger partial charge is 0.0648 e. The summed E-state index contributed by atoms with van der Waals surface area (Å²) in [6.45, 7) is 5.45. The zero-order valence-corrected chi connectivity index (χ0v) is 20.2. The van der Waals surface area contributed by atoms with Crippen molar-refractivity contribution in [2.24, 2.45) is 0 Å². The van der Waals surface area contributed by atoms with Gasteiger partial charge in [-0.3, -0.25) is 0 Å². The van der Waals surface area contributed by atoms with Gasteiger partial charge in [0, 0.05) is 0 Å². The minimum absolute atomic E-state index is 0.0361. The van der Waals surface area contributed by atoms with Crippen LogP contribution in [0.4, 0.5) is 0 Å². The first kappa shape index (κ1) is 28.9. The first-order chi connectivity index (χ1) is 14.2. The maximum atomic E-state index is 9.74. The molecule has 0 radical (unpaired) electrons. The second-order valence-corrected chi connectivity index (χ2v) is 9.28. The Morgan fingerprint density at radius 2 is 0.828 bits per heavy atom. The largest absolute Gasteiger partial charge is 0.394 e. The van der Waals surface area contributed by atoms with Crippen molar-refractivity contribution in [1.82, 2.24) is 5.32 Å². The van der Waals surface area contributed by atoms with Crippen molar-refractivity contribution < 1.29 is 10.2 Å². The van der Waals surface area contributed by atoms with E-state index in [-0.39, 0.29) is 13.2 Å². The van der Waals surface area contributed by atoms with Crippen LogP contribution in [0.3, 0.4) is 0 Å². The lowest BCUT2D eigenvalue weighted by Gasteiger charge is -2.31. The average molecular weight is 414 g/mol. The Hall–Kier alpha value is -0.120. The molecule has 3 N–H and O–H groups in total. The molecule has 29 heavy (non-hydrogen) atoms. The van der Waals surface area contributed by atoms with E-state index < -0.39 is 5.54 Å². The number of aliphatic hydroxyl groups excluding tert-OH is 2. The standard InChI is InChI=1S/C26H55NO2/c1-3-5-7-8-9-10-11-12-13-14-15-16-17-18-19-20-22-26(24-28,25-29)27-23-21-6-4-2/h27-29H,3-25H2,1-2H3. The highest BCUT2D eigenvalue weighted by Crippen LogP contribution is 2.17. The van der Waals surface area contributed by atoms with Gasteiger partial charge in [0.2, 0.25) is 0 Å². The Kier molecular flexibility index (Phi) is 22.5. The van der Waals surface area contributed by atoms with Crippen molar-refractivity contribution >= 4 is 0 Å². The molecule has 0 aliphatic heterocycles. The maximum Gasteiger partial charge on any atom is 0.0648 e. The quantitative estimate of drug-likeness (QED) is 0.147. The first-order valence-electron chi connectivity index (χ1n) is 13.2. The van der Waals surface area contributed by atoms with E-state index in [0.717, 1.165) is 25.8 Å². The molecule has 0 aliphatic rings. The molecule has 0 rings (SSSR count). The van der Waals surface area contributed by atoms with Crippen molar-refractivity contribution in [3.8, 4) is 0 Å². The van der Waals surface area contributed by atoms with Gasteiger partial charge >= 0.3 is 0 Å². The number of nitrogens with one attached hydrogen (secondary N) is 1. The van der Waals surface area contributed by atoms with Crippen LogP contribution in [0.15, 0.2) is 0 Å². The summed E-state index contributed by atoms with van der Waals surface area (Å²) < 4.78 is 0. The highest BCUT2D eigenvalue weighted by Gasteiger charge is 2.26. The second kappa shape index (κ2) is 22.6. The van der Waals surface area contributed by atoms with E-state index >= 15 is 0 Å². The predicted octanol–water partition coefficient (Wildman–Crippen LogP) is 7.14. The van der Waals surface area contributed by atoms with Gasteiger partial charge in [0.25, 0.3) is 0 Å². The number of aliphatic hydroxyl groups is 2. The molecule has 0 aromatic carbocycles. The molecule has 0 heterocycles. The number of hydrogen-bond donors (Lipinski definition) is 3. The maximum absolute atomic E-state index is 9.74. The molecular formula is C26H55NO2. The molecule has 0 aromatic rings. The van der Waals surface area contributed by atoms with Crippen molar-refractivity contribution in [2.75, 3.05) is 19.8 Å². The minimum atomic E-state index is -0.469. The highest BCUT2D eigenvalue weighted by molar-refractivity contribution is 4.86. The van der Waals surface area contributed by atoms with Gasteiger partial charge in [-0.05, 0) is 19.4 Å². The molecule has 0 aromatic heterocycles. The van der Waals surface area contributed by atoms with Crippen molar-refractivity contribution in [3.63, 3.8) is 0 Å². The highest BCUT2D eigenvalue weighted by atomic mass is 16.3. The lowest BCUT2D eigenvalue weighted by Crippen LogP contribution is -2.52. The molecule has 0 atom stereocenters. The SMILES string of the molecule is CCCCCCCCCCCCCCCCCCC(CO)(CO)NCCCCC. The Morgan fingerprint density at radius 3 is 1.21 bits per heavy atom. The van der Waals surface area contributed by atoms with E-state index in [1.807, 2.05) is 0 Å². The van der Waals surface area contributed by atoms with Crippen LogP contribution in [0.2, 0.25) is 0 Å². The molecule has 0 bridgehead atoms. The van der Waals surface area contributed by atoms with Gasteiger partial charge in [0.15, 0.2) is 0 Å². The Morgan fingerprint density at radius 1 is 0.483 bits per heavy atom. The third kappa shape index (κ3) is 18.4. The van der Waals surface area contributed by atoms with E-state index in [1.54, 1.807) is 0 Å². The average Bonchev–Trinajstić information content (AvgIpc) is 2.75. The molecule has 0 aliphatic carbocycles. The topological polar surface area (TPSA) is 52.5 Å². The Bertz CT molecular complexity index is 305. The van der Waals surface area contributed by atoms with Gasteiger partial charge in [-0.1, -0.05) is 129 Å². The lowest BCUT2D eigenvalue weighted by molar-refractivity contribution is 0.0816. The van der Waals surface area contributed by atoms with E-state index in [9.17, 15) is 10.2 Å². The summed E-state index contributed by atoms with van der Waals surface area (Å²) >= 11 is 0. The Balaban J connectivity index is 3.43. The molecule has 0 spiro atoms. The number of rotatable bonds is 24. The van der Waals surface area contributed by atoms with Gasteiger partial charge in [0.05, 0.1) is 18.8 Å². The van der Waals surface area contributed by atoms with Crippen LogP contribution in [0, 0.1) is 0 Å². The third-order valence-corrected chi connectivity index (χ3v) is 6.39. The summed E-state index contributed by atoms with van der Waals surface area (Å²) in [5, 5.41) is 22.9. The molecule has 176 valence electrons.